The molecule has 0 aliphatic rings. The molecule has 0 fully saturated rings. The van der Waals surface area contributed by atoms with Gasteiger partial charge in [-0.15, -0.1) is 0 Å². The van der Waals surface area contributed by atoms with Crippen LogP contribution < -0.4 is 5.32 Å². The molecule has 4 heteroatoms. The maximum absolute atomic E-state index is 4.39. The highest BCUT2D eigenvalue weighted by molar-refractivity contribution is 5.38. The standard InChI is InChI=1S/C13H20N4/c1-5-13(3,4)15-8-11-7-14-12-6-10(2)16-17(12)9-11/h6-7,9,15H,5,8H2,1-4H3. The minimum Gasteiger partial charge on any atom is -0.308 e. The van der Waals surface area contributed by atoms with E-state index in [9.17, 15) is 0 Å². The second kappa shape index (κ2) is 4.45. The van der Waals surface area contributed by atoms with E-state index in [2.05, 4.69) is 36.2 Å². The molecule has 0 spiro atoms. The molecule has 0 aliphatic carbocycles. The Labute approximate surface area is 102 Å². The van der Waals surface area contributed by atoms with Gasteiger partial charge < -0.3 is 5.32 Å². The van der Waals surface area contributed by atoms with Crippen LogP contribution in [0.4, 0.5) is 0 Å². The number of nitrogens with one attached hydrogen (secondary N) is 1. The van der Waals surface area contributed by atoms with Gasteiger partial charge in [0.05, 0.1) is 5.69 Å². The normalized spacial score (nSPS) is 12.2. The minimum absolute atomic E-state index is 0.162. The molecule has 2 aromatic rings. The minimum atomic E-state index is 0.162. The van der Waals surface area contributed by atoms with Gasteiger partial charge in [-0.25, -0.2) is 9.50 Å². The Morgan fingerprint density at radius 1 is 1.41 bits per heavy atom. The molecule has 2 rings (SSSR count). The first-order valence-electron chi connectivity index (χ1n) is 6.06. The quantitative estimate of drug-likeness (QED) is 0.879. The number of hydrogen-bond acceptors (Lipinski definition) is 3. The molecule has 0 radical (unpaired) electrons. The van der Waals surface area contributed by atoms with Gasteiger partial charge in [0.15, 0.2) is 5.65 Å². The highest BCUT2D eigenvalue weighted by Gasteiger charge is 2.13. The number of rotatable bonds is 4. The van der Waals surface area contributed by atoms with Crippen molar-refractivity contribution in [2.45, 2.75) is 46.2 Å². The predicted octanol–water partition coefficient (Wildman–Crippen LogP) is 2.32. The predicted molar refractivity (Wildman–Crippen MR) is 68.9 cm³/mol. The highest BCUT2D eigenvalue weighted by Crippen LogP contribution is 2.09. The fourth-order valence-electron chi connectivity index (χ4n) is 1.59. The summed E-state index contributed by atoms with van der Waals surface area (Å²) >= 11 is 0. The van der Waals surface area contributed by atoms with Gasteiger partial charge in [0.25, 0.3) is 0 Å². The molecule has 0 aromatic carbocycles. The number of fused-ring (bicyclic) bond motifs is 1. The van der Waals surface area contributed by atoms with E-state index in [1.807, 2.05) is 29.9 Å². The molecule has 0 aliphatic heterocycles. The number of aryl methyl sites for hydroxylation is 1. The van der Waals surface area contributed by atoms with Gasteiger partial charge in [-0.05, 0) is 27.2 Å². The van der Waals surface area contributed by atoms with Crippen molar-refractivity contribution >= 4 is 5.65 Å². The summed E-state index contributed by atoms with van der Waals surface area (Å²) in [6.45, 7) is 9.40. The lowest BCUT2D eigenvalue weighted by Gasteiger charge is -2.24. The van der Waals surface area contributed by atoms with Crippen molar-refractivity contribution in [2.24, 2.45) is 0 Å². The van der Waals surface area contributed by atoms with E-state index in [0.29, 0.717) is 0 Å². The van der Waals surface area contributed by atoms with Gasteiger partial charge in [0, 0.05) is 36.1 Å². The Hall–Kier alpha value is -1.42. The molecule has 0 unspecified atom stereocenters. The van der Waals surface area contributed by atoms with Crippen LogP contribution in [0.3, 0.4) is 0 Å². The highest BCUT2D eigenvalue weighted by atomic mass is 15.2. The lowest BCUT2D eigenvalue weighted by molar-refractivity contribution is 0.374. The zero-order chi connectivity index (χ0) is 12.5. The summed E-state index contributed by atoms with van der Waals surface area (Å²) in [5.41, 5.74) is 3.22. The van der Waals surface area contributed by atoms with Crippen molar-refractivity contribution in [3.8, 4) is 0 Å². The fraction of sp³-hybridized carbons (Fsp3) is 0.538. The van der Waals surface area contributed by atoms with E-state index in [0.717, 1.165) is 29.9 Å². The second-order valence-electron chi connectivity index (χ2n) is 5.14. The van der Waals surface area contributed by atoms with Gasteiger partial charge in [-0.2, -0.15) is 5.10 Å². The fourth-order valence-corrected chi connectivity index (χ4v) is 1.59. The Morgan fingerprint density at radius 2 is 2.18 bits per heavy atom. The second-order valence-corrected chi connectivity index (χ2v) is 5.14. The van der Waals surface area contributed by atoms with Crippen molar-refractivity contribution in [2.75, 3.05) is 0 Å². The molecular weight excluding hydrogens is 212 g/mol. The topological polar surface area (TPSA) is 42.2 Å². The molecule has 92 valence electrons. The largest absolute Gasteiger partial charge is 0.308 e. The molecule has 0 atom stereocenters. The van der Waals surface area contributed by atoms with Crippen molar-refractivity contribution in [1.29, 1.82) is 0 Å². The Balaban J connectivity index is 2.14. The summed E-state index contributed by atoms with van der Waals surface area (Å²) in [5.74, 6) is 0. The van der Waals surface area contributed by atoms with Crippen LogP contribution in [-0.2, 0) is 6.54 Å². The summed E-state index contributed by atoms with van der Waals surface area (Å²) in [6, 6.07) is 1.98. The maximum Gasteiger partial charge on any atom is 0.155 e. The summed E-state index contributed by atoms with van der Waals surface area (Å²) < 4.78 is 1.84. The zero-order valence-electron chi connectivity index (χ0n) is 11.0. The van der Waals surface area contributed by atoms with E-state index in [1.165, 1.54) is 0 Å². The number of nitrogens with zero attached hydrogens (tertiary/aromatic N) is 3. The number of aromatic nitrogens is 3. The van der Waals surface area contributed by atoms with E-state index >= 15 is 0 Å². The first-order valence-corrected chi connectivity index (χ1v) is 6.06. The van der Waals surface area contributed by atoms with E-state index in [-0.39, 0.29) is 5.54 Å². The molecule has 2 heterocycles. The van der Waals surface area contributed by atoms with Gasteiger partial charge >= 0.3 is 0 Å². The summed E-state index contributed by atoms with van der Waals surface area (Å²) in [5, 5.41) is 7.88. The van der Waals surface area contributed by atoms with Crippen molar-refractivity contribution in [3.63, 3.8) is 0 Å². The maximum atomic E-state index is 4.39. The van der Waals surface area contributed by atoms with Crippen LogP contribution in [0.5, 0.6) is 0 Å². The van der Waals surface area contributed by atoms with E-state index < -0.39 is 0 Å². The van der Waals surface area contributed by atoms with Gasteiger partial charge in [-0.1, -0.05) is 6.92 Å². The molecular formula is C13H20N4. The van der Waals surface area contributed by atoms with Crippen LogP contribution in [0.15, 0.2) is 18.5 Å². The van der Waals surface area contributed by atoms with Crippen LogP contribution in [0.25, 0.3) is 5.65 Å². The summed E-state index contributed by atoms with van der Waals surface area (Å²) in [7, 11) is 0. The Morgan fingerprint density at radius 3 is 2.88 bits per heavy atom. The zero-order valence-corrected chi connectivity index (χ0v) is 11.0. The lowest BCUT2D eigenvalue weighted by atomic mass is 10.0. The molecule has 0 saturated heterocycles. The van der Waals surface area contributed by atoms with Crippen molar-refractivity contribution < 1.29 is 0 Å². The smallest absolute Gasteiger partial charge is 0.155 e. The molecule has 1 N–H and O–H groups in total. The molecule has 0 bridgehead atoms. The lowest BCUT2D eigenvalue weighted by Crippen LogP contribution is -2.37. The average Bonchev–Trinajstić information content (AvgIpc) is 2.66. The van der Waals surface area contributed by atoms with Crippen molar-refractivity contribution in [3.05, 3.63) is 29.7 Å². The van der Waals surface area contributed by atoms with E-state index in [4.69, 9.17) is 0 Å². The summed E-state index contributed by atoms with van der Waals surface area (Å²) in [4.78, 5) is 4.39. The Kier molecular flexibility index (Phi) is 3.15. The van der Waals surface area contributed by atoms with Crippen LogP contribution in [0.2, 0.25) is 0 Å². The average molecular weight is 232 g/mol. The molecule has 4 nitrogen and oxygen atoms in total. The first-order chi connectivity index (χ1) is 8.00. The summed E-state index contributed by atoms with van der Waals surface area (Å²) in [6.07, 6.45) is 5.05. The Bertz CT molecular complexity index is 513. The van der Waals surface area contributed by atoms with Crippen LogP contribution in [0, 0.1) is 6.92 Å². The SMILES string of the molecule is CCC(C)(C)NCc1cnc2cc(C)nn2c1. The molecule has 17 heavy (non-hydrogen) atoms. The van der Waals surface area contributed by atoms with Crippen LogP contribution in [-0.4, -0.2) is 20.1 Å². The molecule has 2 aromatic heterocycles. The van der Waals surface area contributed by atoms with Gasteiger partial charge in [0.1, 0.15) is 0 Å². The third kappa shape index (κ3) is 2.82. The third-order valence-corrected chi connectivity index (χ3v) is 3.14. The molecule has 0 amide bonds. The van der Waals surface area contributed by atoms with Gasteiger partial charge in [-0.3, -0.25) is 0 Å². The number of hydrogen-bond donors (Lipinski definition) is 1. The molecule has 0 saturated carbocycles. The monoisotopic (exact) mass is 232 g/mol. The van der Waals surface area contributed by atoms with Crippen LogP contribution in [0.1, 0.15) is 38.4 Å². The van der Waals surface area contributed by atoms with Crippen LogP contribution >= 0.6 is 0 Å². The first kappa shape index (κ1) is 12.0. The van der Waals surface area contributed by atoms with Gasteiger partial charge in [0.2, 0.25) is 0 Å². The van der Waals surface area contributed by atoms with Crippen molar-refractivity contribution in [1.82, 2.24) is 19.9 Å². The van der Waals surface area contributed by atoms with E-state index in [1.54, 1.807) is 0 Å². The third-order valence-electron chi connectivity index (χ3n) is 3.14.